The third-order valence-corrected chi connectivity index (χ3v) is 4.31. The summed E-state index contributed by atoms with van der Waals surface area (Å²) in [5.74, 6) is 1.79. The van der Waals surface area contributed by atoms with Gasteiger partial charge in [-0.25, -0.2) is 0 Å². The number of piperazine rings is 1. The predicted molar refractivity (Wildman–Crippen MR) is 79.7 cm³/mol. The number of benzene rings is 1. The van der Waals surface area contributed by atoms with Gasteiger partial charge in [-0.2, -0.15) is 0 Å². The van der Waals surface area contributed by atoms with Crippen LogP contribution in [0.15, 0.2) is 18.2 Å². The number of hydrogen-bond acceptors (Lipinski definition) is 4. The second-order valence-electron chi connectivity index (χ2n) is 5.77. The highest BCUT2D eigenvalue weighted by Gasteiger charge is 2.32. The number of carbonyl (C=O) groups excluding carboxylic acids is 1. The van der Waals surface area contributed by atoms with Crippen molar-refractivity contribution in [3.8, 4) is 11.5 Å². The molecule has 3 rings (SSSR count). The number of ether oxygens (including phenoxy) is 2. The Morgan fingerprint density at radius 2 is 2.33 bits per heavy atom. The van der Waals surface area contributed by atoms with Crippen molar-refractivity contribution in [2.45, 2.75) is 19.4 Å². The second kappa shape index (κ2) is 5.93. The molecule has 2 atom stereocenters. The summed E-state index contributed by atoms with van der Waals surface area (Å²) in [4.78, 5) is 14.7. The number of fused-ring (bicyclic) bond motifs is 1. The summed E-state index contributed by atoms with van der Waals surface area (Å²) in [6, 6.07) is 6.02. The molecule has 2 aliphatic rings. The summed E-state index contributed by atoms with van der Waals surface area (Å²) in [6.45, 7) is 5.07. The molecule has 1 unspecified atom stereocenters. The number of nitrogens with zero attached hydrogens (tertiary/aromatic N) is 1. The lowest BCUT2D eigenvalue weighted by Crippen LogP contribution is -2.54. The average Bonchev–Trinajstić information content (AvgIpc) is 2.53. The number of nitrogens with one attached hydrogen (secondary N) is 1. The molecule has 0 bridgehead atoms. The summed E-state index contributed by atoms with van der Waals surface area (Å²) in [5, 5.41) is 3.31. The van der Waals surface area contributed by atoms with Crippen LogP contribution in [0.3, 0.4) is 0 Å². The summed E-state index contributed by atoms with van der Waals surface area (Å²) < 4.78 is 11.0. The van der Waals surface area contributed by atoms with E-state index >= 15 is 0 Å². The van der Waals surface area contributed by atoms with Gasteiger partial charge in [0.05, 0.1) is 13.0 Å². The lowest BCUT2D eigenvalue weighted by Gasteiger charge is -2.37. The molecule has 5 nitrogen and oxygen atoms in total. The van der Waals surface area contributed by atoms with E-state index < -0.39 is 0 Å². The van der Waals surface area contributed by atoms with Gasteiger partial charge in [0, 0.05) is 25.7 Å². The largest absolute Gasteiger partial charge is 0.497 e. The predicted octanol–water partition coefficient (Wildman–Crippen LogP) is 1.07. The van der Waals surface area contributed by atoms with E-state index in [9.17, 15) is 4.79 Å². The van der Waals surface area contributed by atoms with Crippen LogP contribution in [0, 0.1) is 5.92 Å². The Morgan fingerprint density at radius 3 is 3.10 bits per heavy atom. The minimum Gasteiger partial charge on any atom is -0.497 e. The molecule has 0 saturated carbocycles. The second-order valence-corrected chi connectivity index (χ2v) is 5.77. The Morgan fingerprint density at radius 1 is 1.48 bits per heavy atom. The fraction of sp³-hybridized carbons (Fsp3) is 0.562. The van der Waals surface area contributed by atoms with Crippen molar-refractivity contribution in [3.63, 3.8) is 0 Å². The van der Waals surface area contributed by atoms with E-state index in [2.05, 4.69) is 12.2 Å². The molecular formula is C16H22N2O3. The number of carbonyl (C=O) groups is 1. The first kappa shape index (κ1) is 14.2. The van der Waals surface area contributed by atoms with E-state index in [0.717, 1.165) is 43.1 Å². The van der Waals surface area contributed by atoms with Gasteiger partial charge in [-0.05, 0) is 37.1 Å². The lowest BCUT2D eigenvalue weighted by atomic mass is 9.94. The number of hydrogen-bond donors (Lipinski definition) is 1. The summed E-state index contributed by atoms with van der Waals surface area (Å²) >= 11 is 0. The first-order chi connectivity index (χ1) is 10.2. The molecule has 1 N–H and O–H groups in total. The SMILES string of the molecule is COc1ccc2c(c1)CC(C(=O)N1CCNC[C@H]1C)CO2. The van der Waals surface area contributed by atoms with E-state index in [1.165, 1.54) is 0 Å². The van der Waals surface area contributed by atoms with Gasteiger partial charge >= 0.3 is 0 Å². The zero-order valence-electron chi connectivity index (χ0n) is 12.6. The molecule has 0 aliphatic carbocycles. The first-order valence-electron chi connectivity index (χ1n) is 7.50. The van der Waals surface area contributed by atoms with Crippen molar-refractivity contribution in [1.29, 1.82) is 0 Å². The fourth-order valence-electron chi connectivity index (χ4n) is 3.06. The van der Waals surface area contributed by atoms with Gasteiger partial charge in [-0.15, -0.1) is 0 Å². The first-order valence-corrected chi connectivity index (χ1v) is 7.50. The van der Waals surface area contributed by atoms with Crippen LogP contribution in [0.5, 0.6) is 11.5 Å². The third-order valence-electron chi connectivity index (χ3n) is 4.31. The molecule has 2 aliphatic heterocycles. The van der Waals surface area contributed by atoms with Gasteiger partial charge in [0.15, 0.2) is 0 Å². The van der Waals surface area contributed by atoms with Crippen molar-refractivity contribution in [1.82, 2.24) is 10.2 Å². The van der Waals surface area contributed by atoms with E-state index in [1.54, 1.807) is 7.11 Å². The van der Waals surface area contributed by atoms with Crippen LogP contribution < -0.4 is 14.8 Å². The highest BCUT2D eigenvalue weighted by atomic mass is 16.5. The molecule has 1 fully saturated rings. The third kappa shape index (κ3) is 2.83. The maximum atomic E-state index is 12.7. The molecule has 21 heavy (non-hydrogen) atoms. The monoisotopic (exact) mass is 290 g/mol. The molecule has 0 spiro atoms. The minimum atomic E-state index is -0.0924. The van der Waals surface area contributed by atoms with Gasteiger partial charge in [-0.1, -0.05) is 0 Å². The van der Waals surface area contributed by atoms with E-state index in [0.29, 0.717) is 6.61 Å². The molecule has 1 aromatic carbocycles. The van der Waals surface area contributed by atoms with E-state index in [-0.39, 0.29) is 17.9 Å². The molecule has 5 heteroatoms. The van der Waals surface area contributed by atoms with Crippen molar-refractivity contribution in [2.75, 3.05) is 33.4 Å². The van der Waals surface area contributed by atoms with Crippen LogP contribution in [0.25, 0.3) is 0 Å². The quantitative estimate of drug-likeness (QED) is 0.885. The van der Waals surface area contributed by atoms with Crippen LogP contribution in [-0.4, -0.2) is 50.2 Å². The highest BCUT2D eigenvalue weighted by Crippen LogP contribution is 2.31. The van der Waals surface area contributed by atoms with Gasteiger partial charge in [0.2, 0.25) is 5.91 Å². The van der Waals surface area contributed by atoms with Crippen molar-refractivity contribution in [3.05, 3.63) is 23.8 Å². The minimum absolute atomic E-state index is 0.0924. The van der Waals surface area contributed by atoms with E-state index in [4.69, 9.17) is 9.47 Å². The van der Waals surface area contributed by atoms with Crippen molar-refractivity contribution in [2.24, 2.45) is 5.92 Å². The number of methoxy groups -OCH3 is 1. The summed E-state index contributed by atoms with van der Waals surface area (Å²) in [7, 11) is 1.65. The lowest BCUT2D eigenvalue weighted by molar-refractivity contribution is -0.139. The Hall–Kier alpha value is -1.75. The van der Waals surface area contributed by atoms with Crippen LogP contribution in [0.4, 0.5) is 0 Å². The zero-order chi connectivity index (χ0) is 14.8. The zero-order valence-corrected chi connectivity index (χ0v) is 12.6. The standard InChI is InChI=1S/C16H22N2O3/c1-11-9-17-5-6-18(11)16(19)13-7-12-8-14(20-2)3-4-15(12)21-10-13/h3-4,8,11,13,17H,5-7,9-10H2,1-2H3/t11-,13?/m1/s1. The average molecular weight is 290 g/mol. The van der Waals surface area contributed by atoms with Gasteiger partial charge < -0.3 is 19.7 Å². The summed E-state index contributed by atoms with van der Waals surface area (Å²) in [6.07, 6.45) is 0.724. The van der Waals surface area contributed by atoms with Crippen molar-refractivity contribution < 1.29 is 14.3 Å². The smallest absolute Gasteiger partial charge is 0.229 e. The normalized spacial score (nSPS) is 25.0. The summed E-state index contributed by atoms with van der Waals surface area (Å²) in [5.41, 5.74) is 1.06. The molecule has 0 radical (unpaired) electrons. The molecule has 1 amide bonds. The topological polar surface area (TPSA) is 50.8 Å². The van der Waals surface area contributed by atoms with Crippen molar-refractivity contribution >= 4 is 5.91 Å². The van der Waals surface area contributed by atoms with Crippen LogP contribution >= 0.6 is 0 Å². The number of amides is 1. The Kier molecular flexibility index (Phi) is 4.01. The maximum absolute atomic E-state index is 12.7. The van der Waals surface area contributed by atoms with Gasteiger partial charge in [0.25, 0.3) is 0 Å². The molecule has 1 saturated heterocycles. The molecular weight excluding hydrogens is 268 g/mol. The fourth-order valence-corrected chi connectivity index (χ4v) is 3.06. The molecule has 1 aromatic rings. The Bertz CT molecular complexity index is 532. The molecule has 0 aromatic heterocycles. The van der Waals surface area contributed by atoms with Gasteiger partial charge in [-0.3, -0.25) is 4.79 Å². The Balaban J connectivity index is 1.74. The number of rotatable bonds is 2. The Labute approximate surface area is 125 Å². The highest BCUT2D eigenvalue weighted by molar-refractivity contribution is 5.80. The molecule has 2 heterocycles. The van der Waals surface area contributed by atoms with Gasteiger partial charge in [0.1, 0.15) is 18.1 Å². The maximum Gasteiger partial charge on any atom is 0.229 e. The van der Waals surface area contributed by atoms with Crippen LogP contribution in [0.2, 0.25) is 0 Å². The van der Waals surface area contributed by atoms with Crippen LogP contribution in [-0.2, 0) is 11.2 Å². The molecule has 114 valence electrons. The van der Waals surface area contributed by atoms with Crippen LogP contribution in [0.1, 0.15) is 12.5 Å². The van der Waals surface area contributed by atoms with E-state index in [1.807, 2.05) is 23.1 Å².